The molecule has 0 saturated carbocycles. The van der Waals surface area contributed by atoms with Crippen molar-refractivity contribution in [2.24, 2.45) is 0 Å². The van der Waals surface area contributed by atoms with E-state index in [0.29, 0.717) is 10.8 Å². The van der Waals surface area contributed by atoms with Crippen molar-refractivity contribution < 1.29 is 14.7 Å². The molecule has 1 aliphatic heterocycles. The van der Waals surface area contributed by atoms with Crippen LogP contribution in [0.1, 0.15) is 0 Å². The van der Waals surface area contributed by atoms with Gasteiger partial charge in [0.1, 0.15) is 25.7 Å². The van der Waals surface area contributed by atoms with Gasteiger partial charge < -0.3 is 14.7 Å². The lowest BCUT2D eigenvalue weighted by molar-refractivity contribution is -0.910. The van der Waals surface area contributed by atoms with Gasteiger partial charge in [-0.25, -0.2) is 4.98 Å². The third-order valence-corrected chi connectivity index (χ3v) is 6.01. The number of morpholine rings is 1. The number of hydrogen-bond donors (Lipinski definition) is 2. The van der Waals surface area contributed by atoms with Gasteiger partial charge in [-0.05, 0) is 18.2 Å². The molecule has 21 heavy (non-hydrogen) atoms. The van der Waals surface area contributed by atoms with Gasteiger partial charge in [0.2, 0.25) is 0 Å². The van der Waals surface area contributed by atoms with E-state index in [1.54, 1.807) is 23.1 Å². The number of aromatic nitrogens is 1. The lowest BCUT2D eigenvalue weighted by Crippen LogP contribution is -3.15. The summed E-state index contributed by atoms with van der Waals surface area (Å²) in [6.07, 6.45) is -0.307. The molecule has 1 fully saturated rings. The van der Waals surface area contributed by atoms with Gasteiger partial charge in [-0.2, -0.15) is 0 Å². The number of thioether (sulfide) groups is 1. The van der Waals surface area contributed by atoms with Crippen LogP contribution < -0.4 is 4.90 Å². The zero-order valence-electron chi connectivity index (χ0n) is 11.5. The van der Waals surface area contributed by atoms with E-state index >= 15 is 0 Å². The van der Waals surface area contributed by atoms with Gasteiger partial charge in [0.05, 0.1) is 23.4 Å². The molecule has 1 aromatic carbocycles. The summed E-state index contributed by atoms with van der Waals surface area (Å²) in [7, 11) is 0. The maximum absolute atomic E-state index is 10.2. The molecule has 0 unspecified atom stereocenters. The van der Waals surface area contributed by atoms with Gasteiger partial charge >= 0.3 is 0 Å². The van der Waals surface area contributed by atoms with Gasteiger partial charge in [0.15, 0.2) is 4.34 Å². The fraction of sp³-hybridized carbons (Fsp3) is 0.500. The molecule has 3 rings (SSSR count). The quantitative estimate of drug-likeness (QED) is 0.802. The number of thiazole rings is 1. The maximum atomic E-state index is 10.2. The molecule has 114 valence electrons. The molecule has 2 N–H and O–H groups in total. The van der Waals surface area contributed by atoms with E-state index < -0.39 is 0 Å². The largest absolute Gasteiger partial charge is 0.386 e. The molecule has 2 heterocycles. The number of benzene rings is 1. The highest BCUT2D eigenvalue weighted by Gasteiger charge is 2.18. The summed E-state index contributed by atoms with van der Waals surface area (Å²) >= 11 is 9.24. The number of rotatable bonds is 5. The third kappa shape index (κ3) is 4.31. The van der Waals surface area contributed by atoms with Crippen LogP contribution in [-0.2, 0) is 4.74 Å². The highest BCUT2D eigenvalue weighted by atomic mass is 35.5. The lowest BCUT2D eigenvalue weighted by atomic mass is 10.3. The molecular weight excluding hydrogens is 328 g/mol. The van der Waals surface area contributed by atoms with Crippen LogP contribution in [-0.4, -0.2) is 54.8 Å². The normalized spacial score (nSPS) is 18.2. The number of quaternary nitrogens is 1. The fourth-order valence-corrected chi connectivity index (χ4v) is 4.53. The van der Waals surface area contributed by atoms with E-state index in [9.17, 15) is 5.11 Å². The Morgan fingerprint density at radius 2 is 2.24 bits per heavy atom. The first-order valence-electron chi connectivity index (χ1n) is 6.99. The Labute approximate surface area is 137 Å². The summed E-state index contributed by atoms with van der Waals surface area (Å²) in [5.41, 5.74) is 0.934. The van der Waals surface area contributed by atoms with Gasteiger partial charge in [0.25, 0.3) is 0 Å². The zero-order valence-corrected chi connectivity index (χ0v) is 13.9. The number of ether oxygens (including phenoxy) is 1. The lowest BCUT2D eigenvalue weighted by Gasteiger charge is -2.25. The Bertz CT molecular complexity index is 602. The number of nitrogens with zero attached hydrogens (tertiary/aromatic N) is 1. The van der Waals surface area contributed by atoms with E-state index in [-0.39, 0.29) is 6.10 Å². The average Bonchev–Trinajstić information content (AvgIpc) is 2.88. The molecule has 4 nitrogen and oxygen atoms in total. The third-order valence-electron chi connectivity index (χ3n) is 3.45. The molecule has 2 aromatic rings. The van der Waals surface area contributed by atoms with E-state index in [1.807, 2.05) is 18.2 Å². The second-order valence-corrected chi connectivity index (χ2v) is 7.86. The Kier molecular flexibility index (Phi) is 5.37. The molecule has 0 radical (unpaired) electrons. The smallest absolute Gasteiger partial charge is 0.151 e. The standard InChI is InChI=1S/C14H17ClN2O2S2/c15-10-1-2-13-12(7-10)16-14(21-13)20-9-11(18)8-17-3-5-19-6-4-17/h1-2,7,11,18H,3-6,8-9H2/p+1/t11-/m0/s1. The van der Waals surface area contributed by atoms with Crippen molar-refractivity contribution in [2.75, 3.05) is 38.6 Å². The monoisotopic (exact) mass is 345 g/mol. The van der Waals surface area contributed by atoms with Crippen LogP contribution in [0.2, 0.25) is 5.02 Å². The molecular formula is C14H18ClN2O2S2+. The highest BCUT2D eigenvalue weighted by Crippen LogP contribution is 2.31. The highest BCUT2D eigenvalue weighted by molar-refractivity contribution is 8.01. The number of halogens is 1. The van der Waals surface area contributed by atoms with Crippen molar-refractivity contribution >= 4 is 44.9 Å². The van der Waals surface area contributed by atoms with Crippen LogP contribution in [0.4, 0.5) is 0 Å². The minimum atomic E-state index is -0.307. The first-order chi connectivity index (χ1) is 10.2. The molecule has 1 saturated heterocycles. The first-order valence-corrected chi connectivity index (χ1v) is 9.17. The van der Waals surface area contributed by atoms with E-state index in [1.165, 1.54) is 4.90 Å². The average molecular weight is 346 g/mol. The SMILES string of the molecule is O[C@H](CSc1nc2cc(Cl)ccc2s1)C[NH+]1CCOCC1. The Morgan fingerprint density at radius 3 is 3.05 bits per heavy atom. The van der Waals surface area contributed by atoms with Crippen molar-refractivity contribution in [1.82, 2.24) is 4.98 Å². The molecule has 1 aromatic heterocycles. The number of hydrogen-bond acceptors (Lipinski definition) is 5. The van der Waals surface area contributed by atoms with Crippen LogP contribution in [0.15, 0.2) is 22.5 Å². The van der Waals surface area contributed by atoms with Gasteiger partial charge in [-0.1, -0.05) is 23.4 Å². The van der Waals surface area contributed by atoms with Gasteiger partial charge in [-0.3, -0.25) is 0 Å². The minimum Gasteiger partial charge on any atom is -0.386 e. The number of aliphatic hydroxyl groups is 1. The number of fused-ring (bicyclic) bond motifs is 1. The van der Waals surface area contributed by atoms with Crippen LogP contribution in [0.3, 0.4) is 0 Å². The second kappa shape index (κ2) is 7.26. The summed E-state index contributed by atoms with van der Waals surface area (Å²) in [5, 5.41) is 10.9. The molecule has 0 aliphatic carbocycles. The predicted octanol–water partition coefficient (Wildman–Crippen LogP) is 1.32. The van der Waals surface area contributed by atoms with Crippen LogP contribution >= 0.6 is 34.7 Å². The van der Waals surface area contributed by atoms with Crippen LogP contribution in [0, 0.1) is 0 Å². The fourth-order valence-electron chi connectivity index (χ4n) is 2.37. The molecule has 1 aliphatic rings. The van der Waals surface area contributed by atoms with E-state index in [0.717, 1.165) is 47.4 Å². The predicted molar refractivity (Wildman–Crippen MR) is 87.7 cm³/mol. The van der Waals surface area contributed by atoms with Crippen molar-refractivity contribution in [2.45, 2.75) is 10.4 Å². The molecule has 1 atom stereocenters. The molecule has 7 heteroatoms. The Hall–Kier alpha value is -0.370. The molecule has 0 spiro atoms. The van der Waals surface area contributed by atoms with E-state index in [2.05, 4.69) is 4.98 Å². The topological polar surface area (TPSA) is 46.8 Å². The number of nitrogens with one attached hydrogen (secondary N) is 1. The van der Waals surface area contributed by atoms with Gasteiger partial charge in [-0.15, -0.1) is 11.3 Å². The van der Waals surface area contributed by atoms with Crippen molar-refractivity contribution in [3.8, 4) is 0 Å². The molecule has 0 amide bonds. The Morgan fingerprint density at radius 1 is 1.43 bits per heavy atom. The summed E-state index contributed by atoms with van der Waals surface area (Å²) in [6, 6.07) is 5.76. The van der Waals surface area contributed by atoms with Crippen molar-refractivity contribution in [3.63, 3.8) is 0 Å². The summed E-state index contributed by atoms with van der Waals surface area (Å²) in [5.74, 6) is 0.678. The first kappa shape index (κ1) is 15.5. The van der Waals surface area contributed by atoms with Crippen LogP contribution in [0.25, 0.3) is 10.2 Å². The van der Waals surface area contributed by atoms with Crippen LogP contribution in [0.5, 0.6) is 0 Å². The zero-order chi connectivity index (χ0) is 14.7. The minimum absolute atomic E-state index is 0.307. The number of aliphatic hydroxyl groups excluding tert-OH is 1. The maximum Gasteiger partial charge on any atom is 0.151 e. The van der Waals surface area contributed by atoms with E-state index in [4.69, 9.17) is 16.3 Å². The van der Waals surface area contributed by atoms with Crippen molar-refractivity contribution in [1.29, 1.82) is 0 Å². The summed E-state index contributed by atoms with van der Waals surface area (Å²) in [4.78, 5) is 5.97. The second-order valence-electron chi connectivity index (χ2n) is 5.12. The summed E-state index contributed by atoms with van der Waals surface area (Å²) in [6.45, 7) is 4.36. The van der Waals surface area contributed by atoms with Gasteiger partial charge in [0, 0.05) is 10.8 Å². The Balaban J connectivity index is 1.53. The van der Waals surface area contributed by atoms with Crippen molar-refractivity contribution in [3.05, 3.63) is 23.2 Å². The molecule has 0 bridgehead atoms. The summed E-state index contributed by atoms with van der Waals surface area (Å²) < 4.78 is 7.45.